The standard InChI is InChI=1S/C26H27F3N8O/c1-15-8-17(30)14-36(12-15)20-9-23(32-11-18(20)16-10-33-37(13-16)26(28)29)34-22-6-7-31-25(35-22)24-19(27)4-3-5-21(24)38-2/h3-7,9-11,13,15,17,26H,8,12,14,30H2,1-2H3,(H,31,32,34,35)/t15-,17-/m0/s1. The number of benzene rings is 1. The second-order valence-corrected chi connectivity index (χ2v) is 9.29. The molecule has 2 atom stereocenters. The fourth-order valence-electron chi connectivity index (χ4n) is 4.75. The van der Waals surface area contributed by atoms with E-state index in [-0.39, 0.29) is 17.4 Å². The van der Waals surface area contributed by atoms with Gasteiger partial charge in [0.15, 0.2) is 5.82 Å². The predicted octanol–water partition coefficient (Wildman–Crippen LogP) is 4.86. The van der Waals surface area contributed by atoms with E-state index in [1.807, 2.05) is 6.07 Å². The number of nitrogens with one attached hydrogen (secondary N) is 1. The lowest BCUT2D eigenvalue weighted by Gasteiger charge is -2.37. The second-order valence-electron chi connectivity index (χ2n) is 9.29. The van der Waals surface area contributed by atoms with Gasteiger partial charge in [-0.1, -0.05) is 13.0 Å². The first-order chi connectivity index (χ1) is 18.3. The Morgan fingerprint density at radius 2 is 1.97 bits per heavy atom. The molecule has 0 amide bonds. The molecular formula is C26H27F3N8O. The van der Waals surface area contributed by atoms with E-state index in [1.165, 1.54) is 31.8 Å². The smallest absolute Gasteiger partial charge is 0.333 e. The Kier molecular flexibility index (Phi) is 7.14. The molecule has 0 radical (unpaired) electrons. The van der Waals surface area contributed by atoms with Crippen molar-refractivity contribution in [2.24, 2.45) is 11.7 Å². The molecule has 0 spiro atoms. The van der Waals surface area contributed by atoms with Gasteiger partial charge in [-0.15, -0.1) is 0 Å². The van der Waals surface area contributed by atoms with Crippen LogP contribution in [0.1, 0.15) is 19.9 Å². The number of methoxy groups -OCH3 is 1. The van der Waals surface area contributed by atoms with Crippen LogP contribution in [0.4, 0.5) is 30.5 Å². The van der Waals surface area contributed by atoms with Crippen molar-refractivity contribution in [2.75, 3.05) is 30.4 Å². The van der Waals surface area contributed by atoms with Gasteiger partial charge in [0.05, 0.1) is 18.9 Å². The molecule has 198 valence electrons. The van der Waals surface area contributed by atoms with Gasteiger partial charge in [0.2, 0.25) is 0 Å². The number of rotatable bonds is 7. The summed E-state index contributed by atoms with van der Waals surface area (Å²) in [5.41, 5.74) is 8.41. The third-order valence-corrected chi connectivity index (χ3v) is 6.36. The van der Waals surface area contributed by atoms with Crippen molar-refractivity contribution in [3.05, 3.63) is 60.9 Å². The number of anilines is 3. The first-order valence-corrected chi connectivity index (χ1v) is 12.1. The number of nitrogens with two attached hydrogens (primary N) is 1. The van der Waals surface area contributed by atoms with E-state index in [9.17, 15) is 13.2 Å². The van der Waals surface area contributed by atoms with Crippen molar-refractivity contribution in [3.8, 4) is 28.3 Å². The van der Waals surface area contributed by atoms with Gasteiger partial charge in [0, 0.05) is 60.6 Å². The number of hydrogen-bond donors (Lipinski definition) is 2. The fraction of sp³-hybridized carbons (Fsp3) is 0.308. The van der Waals surface area contributed by atoms with Crippen LogP contribution in [0.2, 0.25) is 0 Å². The first kappa shape index (κ1) is 25.5. The highest BCUT2D eigenvalue weighted by Gasteiger charge is 2.26. The SMILES string of the molecule is COc1cccc(F)c1-c1nccc(Nc2cc(N3C[C@@H](C)C[C@H](N)C3)c(-c3cnn(C(F)F)c3)cn2)n1. The zero-order chi connectivity index (χ0) is 26.8. The molecule has 0 saturated carbocycles. The zero-order valence-corrected chi connectivity index (χ0v) is 20.9. The van der Waals surface area contributed by atoms with E-state index in [1.54, 1.807) is 24.4 Å². The van der Waals surface area contributed by atoms with Gasteiger partial charge in [0.25, 0.3) is 0 Å². The van der Waals surface area contributed by atoms with Crippen LogP contribution in [0.5, 0.6) is 5.75 Å². The summed E-state index contributed by atoms with van der Waals surface area (Å²) in [7, 11) is 1.45. The lowest BCUT2D eigenvalue weighted by Crippen LogP contribution is -2.46. The molecule has 1 aliphatic heterocycles. The number of pyridine rings is 1. The van der Waals surface area contributed by atoms with E-state index in [0.29, 0.717) is 45.7 Å². The quantitative estimate of drug-likeness (QED) is 0.353. The highest BCUT2D eigenvalue weighted by atomic mass is 19.3. The normalized spacial score (nSPS) is 17.6. The lowest BCUT2D eigenvalue weighted by molar-refractivity contribution is 0.0566. The van der Waals surface area contributed by atoms with E-state index >= 15 is 0 Å². The summed E-state index contributed by atoms with van der Waals surface area (Å²) >= 11 is 0. The molecule has 1 saturated heterocycles. The van der Waals surface area contributed by atoms with Crippen molar-refractivity contribution < 1.29 is 17.9 Å². The molecule has 0 bridgehead atoms. The molecule has 1 aromatic carbocycles. The van der Waals surface area contributed by atoms with Crippen LogP contribution in [0, 0.1) is 11.7 Å². The molecule has 3 aromatic heterocycles. The van der Waals surface area contributed by atoms with Crippen molar-refractivity contribution in [1.29, 1.82) is 0 Å². The molecular weight excluding hydrogens is 497 g/mol. The molecule has 3 N–H and O–H groups in total. The van der Waals surface area contributed by atoms with Crippen LogP contribution in [0.25, 0.3) is 22.5 Å². The third kappa shape index (κ3) is 5.25. The topological polar surface area (TPSA) is 107 Å². The Morgan fingerprint density at radius 1 is 1.13 bits per heavy atom. The number of alkyl halides is 2. The van der Waals surface area contributed by atoms with Gasteiger partial charge in [-0.25, -0.2) is 24.0 Å². The van der Waals surface area contributed by atoms with Crippen LogP contribution >= 0.6 is 0 Å². The molecule has 4 heterocycles. The Morgan fingerprint density at radius 3 is 2.71 bits per heavy atom. The number of hydrogen-bond acceptors (Lipinski definition) is 8. The molecule has 1 fully saturated rings. The summed E-state index contributed by atoms with van der Waals surface area (Å²) in [6.45, 7) is 0.733. The van der Waals surface area contributed by atoms with Crippen molar-refractivity contribution in [1.82, 2.24) is 24.7 Å². The maximum Gasteiger partial charge on any atom is 0.333 e. The molecule has 0 unspecified atom stereocenters. The maximum absolute atomic E-state index is 14.6. The monoisotopic (exact) mass is 524 g/mol. The highest BCUT2D eigenvalue weighted by molar-refractivity contribution is 5.80. The van der Waals surface area contributed by atoms with Crippen LogP contribution in [0.3, 0.4) is 0 Å². The molecule has 5 rings (SSSR count). The number of nitrogens with zero attached hydrogens (tertiary/aromatic N) is 6. The van der Waals surface area contributed by atoms with Crippen molar-refractivity contribution >= 4 is 17.3 Å². The van der Waals surface area contributed by atoms with Crippen molar-refractivity contribution in [3.63, 3.8) is 0 Å². The van der Waals surface area contributed by atoms with E-state index in [2.05, 4.69) is 37.2 Å². The lowest BCUT2D eigenvalue weighted by atomic mass is 9.95. The van der Waals surface area contributed by atoms with Gasteiger partial charge < -0.3 is 20.7 Å². The zero-order valence-electron chi connectivity index (χ0n) is 20.9. The van der Waals surface area contributed by atoms with Crippen LogP contribution < -0.4 is 20.7 Å². The maximum atomic E-state index is 14.6. The van der Waals surface area contributed by atoms with Crippen molar-refractivity contribution in [2.45, 2.75) is 25.9 Å². The summed E-state index contributed by atoms with van der Waals surface area (Å²) in [6.07, 6.45) is 6.71. The molecule has 4 aromatic rings. The van der Waals surface area contributed by atoms with Gasteiger partial charge >= 0.3 is 6.55 Å². The Labute approximate surface area is 217 Å². The van der Waals surface area contributed by atoms with Gasteiger partial charge in [-0.05, 0) is 30.5 Å². The Bertz CT molecular complexity index is 1420. The third-order valence-electron chi connectivity index (χ3n) is 6.36. The minimum atomic E-state index is -2.75. The van der Waals surface area contributed by atoms with Gasteiger partial charge in [-0.3, -0.25) is 0 Å². The highest BCUT2D eigenvalue weighted by Crippen LogP contribution is 2.36. The molecule has 12 heteroatoms. The summed E-state index contributed by atoms with van der Waals surface area (Å²) < 4.78 is 46.9. The second kappa shape index (κ2) is 10.7. The van der Waals surface area contributed by atoms with Crippen LogP contribution in [-0.2, 0) is 0 Å². The molecule has 38 heavy (non-hydrogen) atoms. The molecule has 1 aliphatic rings. The number of piperidine rings is 1. The summed E-state index contributed by atoms with van der Waals surface area (Å²) in [4.78, 5) is 15.3. The Balaban J connectivity index is 1.51. The summed E-state index contributed by atoms with van der Waals surface area (Å²) in [6, 6.07) is 7.93. The van der Waals surface area contributed by atoms with E-state index in [0.717, 1.165) is 18.7 Å². The Hall–Kier alpha value is -4.19. The average molecular weight is 525 g/mol. The van der Waals surface area contributed by atoms with Crippen LogP contribution in [0.15, 0.2) is 55.1 Å². The summed E-state index contributed by atoms with van der Waals surface area (Å²) in [5, 5.41) is 6.93. The number of halogens is 3. The average Bonchev–Trinajstić information content (AvgIpc) is 3.39. The number of ether oxygens (including phenoxy) is 1. The van der Waals surface area contributed by atoms with E-state index in [4.69, 9.17) is 10.5 Å². The summed E-state index contributed by atoms with van der Waals surface area (Å²) in [5.74, 6) is 1.15. The first-order valence-electron chi connectivity index (χ1n) is 12.1. The largest absolute Gasteiger partial charge is 0.496 e. The molecule has 9 nitrogen and oxygen atoms in total. The van der Waals surface area contributed by atoms with Crippen LogP contribution in [-0.4, -0.2) is 51.0 Å². The minimum Gasteiger partial charge on any atom is -0.496 e. The molecule has 0 aliphatic carbocycles. The van der Waals surface area contributed by atoms with E-state index < -0.39 is 12.4 Å². The minimum absolute atomic E-state index is 0.0277. The predicted molar refractivity (Wildman–Crippen MR) is 138 cm³/mol. The number of aromatic nitrogens is 5. The fourth-order valence-corrected chi connectivity index (χ4v) is 4.75. The van der Waals surface area contributed by atoms with Gasteiger partial charge in [-0.2, -0.15) is 13.9 Å². The van der Waals surface area contributed by atoms with Gasteiger partial charge in [0.1, 0.15) is 23.2 Å².